The van der Waals surface area contributed by atoms with Gasteiger partial charge in [-0.05, 0) is 30.5 Å². The Kier molecular flexibility index (Phi) is 5.29. The van der Waals surface area contributed by atoms with E-state index in [-0.39, 0.29) is 55.5 Å². The zero-order valence-corrected chi connectivity index (χ0v) is 15.2. The summed E-state index contributed by atoms with van der Waals surface area (Å²) in [5, 5.41) is 0. The number of nitrogens with zero attached hydrogens (tertiary/aromatic N) is 2. The predicted octanol–water partition coefficient (Wildman–Crippen LogP) is 0.858. The van der Waals surface area contributed by atoms with E-state index < -0.39 is 15.8 Å². The Morgan fingerprint density at radius 3 is 2.46 bits per heavy atom. The van der Waals surface area contributed by atoms with Gasteiger partial charge in [0.25, 0.3) is 5.91 Å². The largest absolute Gasteiger partial charge is 0.455 e. The molecule has 142 valence electrons. The minimum Gasteiger partial charge on any atom is -0.455 e. The topological polar surface area (TPSA) is 84.0 Å². The summed E-state index contributed by atoms with van der Waals surface area (Å²) in [5.41, 5.74) is 0. The lowest BCUT2D eigenvalue weighted by Crippen LogP contribution is -2.51. The maximum atomic E-state index is 13.3. The van der Waals surface area contributed by atoms with Gasteiger partial charge in [0.15, 0.2) is 6.61 Å². The fourth-order valence-corrected chi connectivity index (χ4v) is 4.39. The normalized spacial score (nSPS) is 23.5. The van der Waals surface area contributed by atoms with Gasteiger partial charge in [-0.2, -0.15) is 4.31 Å². The zero-order chi connectivity index (χ0) is 18.9. The van der Waals surface area contributed by atoms with E-state index in [1.54, 1.807) is 0 Å². The van der Waals surface area contributed by atoms with Crippen molar-refractivity contribution in [3.8, 4) is 0 Å². The molecule has 9 heteroatoms. The van der Waals surface area contributed by atoms with Gasteiger partial charge in [0, 0.05) is 26.2 Å². The predicted molar refractivity (Wildman–Crippen MR) is 90.0 cm³/mol. The number of rotatable bonds is 5. The van der Waals surface area contributed by atoms with E-state index >= 15 is 0 Å². The number of ether oxygens (including phenoxy) is 1. The summed E-state index contributed by atoms with van der Waals surface area (Å²) in [7, 11) is -3.80. The Morgan fingerprint density at radius 1 is 1.23 bits per heavy atom. The van der Waals surface area contributed by atoms with Gasteiger partial charge in [0.2, 0.25) is 10.0 Å². The van der Waals surface area contributed by atoms with Crippen LogP contribution in [0.4, 0.5) is 4.39 Å². The molecule has 1 amide bonds. The van der Waals surface area contributed by atoms with Crippen molar-refractivity contribution in [1.82, 2.24) is 9.21 Å². The molecule has 1 saturated carbocycles. The first-order chi connectivity index (χ1) is 12.3. The SMILES string of the molecule is C[C@H]1C[C@@H]1C(=O)OCC(=O)N1CCN(S(=O)(=O)c2cccc(F)c2)CC1. The van der Waals surface area contributed by atoms with Gasteiger partial charge in [0.05, 0.1) is 10.8 Å². The first-order valence-corrected chi connectivity index (χ1v) is 9.93. The van der Waals surface area contributed by atoms with Crippen LogP contribution in [-0.4, -0.2) is 62.3 Å². The van der Waals surface area contributed by atoms with Crippen molar-refractivity contribution in [2.24, 2.45) is 11.8 Å². The second kappa shape index (κ2) is 7.32. The van der Waals surface area contributed by atoms with Crippen molar-refractivity contribution in [2.45, 2.75) is 18.2 Å². The number of benzene rings is 1. The Labute approximate surface area is 151 Å². The molecule has 2 atom stereocenters. The Hall–Kier alpha value is -2.00. The van der Waals surface area contributed by atoms with Gasteiger partial charge < -0.3 is 9.64 Å². The Balaban J connectivity index is 1.52. The first kappa shape index (κ1) is 18.8. The Morgan fingerprint density at radius 2 is 1.88 bits per heavy atom. The molecule has 0 bridgehead atoms. The monoisotopic (exact) mass is 384 g/mol. The van der Waals surface area contributed by atoms with Crippen molar-refractivity contribution < 1.29 is 27.1 Å². The van der Waals surface area contributed by atoms with Gasteiger partial charge in [-0.1, -0.05) is 13.0 Å². The first-order valence-electron chi connectivity index (χ1n) is 8.49. The third-order valence-corrected chi connectivity index (χ3v) is 6.67. The number of sulfonamides is 1. The highest BCUT2D eigenvalue weighted by atomic mass is 32.2. The van der Waals surface area contributed by atoms with Gasteiger partial charge >= 0.3 is 5.97 Å². The number of piperazine rings is 1. The van der Waals surface area contributed by atoms with E-state index in [4.69, 9.17) is 4.74 Å². The molecule has 26 heavy (non-hydrogen) atoms. The molecule has 1 aliphatic carbocycles. The number of carbonyl (C=O) groups is 2. The van der Waals surface area contributed by atoms with Crippen LogP contribution in [0.25, 0.3) is 0 Å². The molecule has 0 aromatic heterocycles. The Bertz CT molecular complexity index is 805. The number of hydrogen-bond acceptors (Lipinski definition) is 5. The maximum absolute atomic E-state index is 13.3. The molecule has 0 spiro atoms. The van der Waals surface area contributed by atoms with Gasteiger partial charge in [-0.3, -0.25) is 9.59 Å². The molecular weight excluding hydrogens is 363 g/mol. The van der Waals surface area contributed by atoms with Crippen molar-refractivity contribution in [1.29, 1.82) is 0 Å². The molecule has 0 radical (unpaired) electrons. The quantitative estimate of drug-likeness (QED) is 0.703. The van der Waals surface area contributed by atoms with E-state index in [1.807, 2.05) is 6.92 Å². The van der Waals surface area contributed by atoms with E-state index in [0.717, 1.165) is 12.5 Å². The van der Waals surface area contributed by atoms with Crippen molar-refractivity contribution in [2.75, 3.05) is 32.8 Å². The van der Waals surface area contributed by atoms with Crippen molar-refractivity contribution in [3.05, 3.63) is 30.1 Å². The molecule has 0 unspecified atom stereocenters. The summed E-state index contributed by atoms with van der Waals surface area (Å²) in [6, 6.07) is 4.84. The molecule has 1 aromatic carbocycles. The van der Waals surface area contributed by atoms with Gasteiger partial charge in [-0.15, -0.1) is 0 Å². The second-order valence-electron chi connectivity index (χ2n) is 6.67. The molecular formula is C17H21FN2O5S. The number of amides is 1. The lowest BCUT2D eigenvalue weighted by atomic mass is 10.3. The van der Waals surface area contributed by atoms with Gasteiger partial charge in [0.1, 0.15) is 5.82 Å². The van der Waals surface area contributed by atoms with E-state index in [9.17, 15) is 22.4 Å². The third-order valence-electron chi connectivity index (χ3n) is 4.78. The summed E-state index contributed by atoms with van der Waals surface area (Å²) < 4.78 is 44.6. The lowest BCUT2D eigenvalue weighted by molar-refractivity contribution is -0.153. The summed E-state index contributed by atoms with van der Waals surface area (Å²) >= 11 is 0. The molecule has 1 heterocycles. The number of halogens is 1. The minimum atomic E-state index is -3.80. The molecule has 7 nitrogen and oxygen atoms in total. The van der Waals surface area contributed by atoms with Crippen LogP contribution in [0.1, 0.15) is 13.3 Å². The fraction of sp³-hybridized carbons (Fsp3) is 0.529. The van der Waals surface area contributed by atoms with Crippen LogP contribution in [0.15, 0.2) is 29.2 Å². The average molecular weight is 384 g/mol. The maximum Gasteiger partial charge on any atom is 0.309 e. The summed E-state index contributed by atoms with van der Waals surface area (Å²) in [5.74, 6) is -1.09. The second-order valence-corrected chi connectivity index (χ2v) is 8.61. The van der Waals surface area contributed by atoms with Crippen LogP contribution in [0.5, 0.6) is 0 Å². The van der Waals surface area contributed by atoms with Crippen molar-refractivity contribution >= 4 is 21.9 Å². The molecule has 1 saturated heterocycles. The average Bonchev–Trinajstić information content (AvgIpc) is 3.36. The van der Waals surface area contributed by atoms with E-state index in [1.165, 1.54) is 27.4 Å². The molecule has 0 N–H and O–H groups in total. The van der Waals surface area contributed by atoms with Crippen LogP contribution in [0, 0.1) is 17.7 Å². The smallest absolute Gasteiger partial charge is 0.309 e. The van der Waals surface area contributed by atoms with Crippen LogP contribution >= 0.6 is 0 Å². The van der Waals surface area contributed by atoms with Crippen LogP contribution in [0.3, 0.4) is 0 Å². The third kappa shape index (κ3) is 4.04. The minimum absolute atomic E-state index is 0.101. The fourth-order valence-electron chi connectivity index (χ4n) is 2.94. The van der Waals surface area contributed by atoms with Crippen molar-refractivity contribution in [3.63, 3.8) is 0 Å². The summed E-state index contributed by atoms with van der Waals surface area (Å²) in [6.07, 6.45) is 0.795. The van der Waals surface area contributed by atoms with Crippen LogP contribution < -0.4 is 0 Å². The highest BCUT2D eigenvalue weighted by Gasteiger charge is 2.41. The number of carbonyl (C=O) groups excluding carboxylic acids is 2. The molecule has 2 fully saturated rings. The van der Waals surface area contributed by atoms with E-state index in [2.05, 4.69) is 0 Å². The van der Waals surface area contributed by atoms with Crippen LogP contribution in [0.2, 0.25) is 0 Å². The van der Waals surface area contributed by atoms with Crippen LogP contribution in [-0.2, 0) is 24.3 Å². The van der Waals surface area contributed by atoms with Gasteiger partial charge in [-0.25, -0.2) is 12.8 Å². The summed E-state index contributed by atoms with van der Waals surface area (Å²) in [4.78, 5) is 25.2. The highest BCUT2D eigenvalue weighted by Crippen LogP contribution is 2.38. The zero-order valence-electron chi connectivity index (χ0n) is 14.4. The lowest BCUT2D eigenvalue weighted by Gasteiger charge is -2.33. The molecule has 2 aliphatic rings. The number of esters is 1. The molecule has 1 aliphatic heterocycles. The standard InChI is InChI=1S/C17H21FN2O5S/c1-12-9-15(12)17(22)25-11-16(21)19-5-7-20(8-6-19)26(23,24)14-4-2-3-13(18)10-14/h2-4,10,12,15H,5-9,11H2,1H3/t12-,15-/m0/s1. The molecule has 3 rings (SSSR count). The number of hydrogen-bond donors (Lipinski definition) is 0. The summed E-state index contributed by atoms with van der Waals surface area (Å²) in [6.45, 7) is 2.25. The molecule has 1 aromatic rings. The van der Waals surface area contributed by atoms with E-state index in [0.29, 0.717) is 5.92 Å². The highest BCUT2D eigenvalue weighted by molar-refractivity contribution is 7.89.